The van der Waals surface area contributed by atoms with Crippen molar-refractivity contribution in [2.75, 3.05) is 20.2 Å². The average Bonchev–Trinajstić information content (AvgIpc) is 2.11. The lowest BCUT2D eigenvalue weighted by Gasteiger charge is -2.07. The first-order valence-corrected chi connectivity index (χ1v) is 4.27. The molecule has 72 valence electrons. The highest BCUT2D eigenvalue weighted by molar-refractivity contribution is 5.29. The van der Waals surface area contributed by atoms with Crippen LogP contribution in [0.5, 0.6) is 5.75 Å². The minimum Gasteiger partial charge on any atom is -0.489 e. The van der Waals surface area contributed by atoms with Gasteiger partial charge >= 0.3 is 0 Å². The molecule has 1 N–H and O–H groups in total. The number of likely N-dealkylation sites (N-methyl/N-ethyl adjacent to an activating group) is 1. The smallest absolute Gasteiger partial charge is 0.165 e. The first-order chi connectivity index (χ1) is 6.24. The van der Waals surface area contributed by atoms with Gasteiger partial charge in [-0.05, 0) is 31.7 Å². The lowest BCUT2D eigenvalue weighted by atomic mass is 10.2. The van der Waals surface area contributed by atoms with Crippen molar-refractivity contribution in [3.8, 4) is 5.75 Å². The molecule has 0 unspecified atom stereocenters. The summed E-state index contributed by atoms with van der Waals surface area (Å²) in [7, 11) is 1.83. The van der Waals surface area contributed by atoms with Crippen molar-refractivity contribution < 1.29 is 9.13 Å². The van der Waals surface area contributed by atoms with E-state index < -0.39 is 0 Å². The summed E-state index contributed by atoms with van der Waals surface area (Å²) in [5, 5.41) is 2.92. The van der Waals surface area contributed by atoms with Gasteiger partial charge in [0.2, 0.25) is 0 Å². The summed E-state index contributed by atoms with van der Waals surface area (Å²) in [5.41, 5.74) is 1.00. The molecule has 0 spiro atoms. The Bertz CT molecular complexity index is 276. The van der Waals surface area contributed by atoms with E-state index in [1.54, 1.807) is 12.1 Å². The largest absolute Gasteiger partial charge is 0.489 e. The van der Waals surface area contributed by atoms with Gasteiger partial charge < -0.3 is 10.1 Å². The molecule has 0 aliphatic rings. The van der Waals surface area contributed by atoms with E-state index in [2.05, 4.69) is 5.32 Å². The van der Waals surface area contributed by atoms with E-state index in [4.69, 9.17) is 4.74 Å². The fourth-order valence-corrected chi connectivity index (χ4v) is 0.984. The van der Waals surface area contributed by atoms with Crippen LogP contribution in [0.15, 0.2) is 18.2 Å². The van der Waals surface area contributed by atoms with Gasteiger partial charge in [0.1, 0.15) is 6.61 Å². The Morgan fingerprint density at radius 2 is 2.23 bits per heavy atom. The Hall–Kier alpha value is -1.09. The van der Waals surface area contributed by atoms with Crippen molar-refractivity contribution in [1.82, 2.24) is 5.32 Å². The number of nitrogens with one attached hydrogen (secondary N) is 1. The van der Waals surface area contributed by atoms with Gasteiger partial charge in [-0.3, -0.25) is 0 Å². The molecular formula is C10H14FNO. The highest BCUT2D eigenvalue weighted by Crippen LogP contribution is 2.17. The molecule has 1 aromatic rings. The standard InChI is InChI=1S/C10H14FNO/c1-8-3-4-9(11)10(7-8)13-6-5-12-2/h3-4,7,12H,5-6H2,1-2H3. The van der Waals surface area contributed by atoms with Crippen LogP contribution in [0.2, 0.25) is 0 Å². The van der Waals surface area contributed by atoms with Crippen LogP contribution >= 0.6 is 0 Å². The molecule has 0 saturated heterocycles. The molecule has 0 saturated carbocycles. The maximum atomic E-state index is 13.1. The summed E-state index contributed by atoms with van der Waals surface area (Å²) in [5.74, 6) is 0.0250. The molecule has 0 amide bonds. The van der Waals surface area contributed by atoms with Crippen molar-refractivity contribution >= 4 is 0 Å². The second-order valence-electron chi connectivity index (χ2n) is 2.89. The van der Waals surface area contributed by atoms with E-state index in [1.807, 2.05) is 14.0 Å². The summed E-state index contributed by atoms with van der Waals surface area (Å²) in [6.45, 7) is 3.11. The van der Waals surface area contributed by atoms with Crippen LogP contribution < -0.4 is 10.1 Å². The predicted molar refractivity (Wildman–Crippen MR) is 50.6 cm³/mol. The number of halogens is 1. The van der Waals surface area contributed by atoms with E-state index in [0.29, 0.717) is 18.9 Å². The van der Waals surface area contributed by atoms with Crippen LogP contribution in [0.4, 0.5) is 4.39 Å². The van der Waals surface area contributed by atoms with Crippen molar-refractivity contribution in [2.24, 2.45) is 0 Å². The van der Waals surface area contributed by atoms with Gasteiger partial charge in [-0.15, -0.1) is 0 Å². The third-order valence-electron chi connectivity index (χ3n) is 1.70. The van der Waals surface area contributed by atoms with Crippen LogP contribution in [0.25, 0.3) is 0 Å². The normalized spacial score (nSPS) is 10.1. The second kappa shape index (κ2) is 4.82. The van der Waals surface area contributed by atoms with E-state index in [9.17, 15) is 4.39 Å². The maximum absolute atomic E-state index is 13.1. The second-order valence-corrected chi connectivity index (χ2v) is 2.89. The van der Waals surface area contributed by atoms with E-state index in [0.717, 1.165) is 5.56 Å². The Labute approximate surface area is 77.7 Å². The van der Waals surface area contributed by atoms with Crippen LogP contribution in [-0.4, -0.2) is 20.2 Å². The minimum absolute atomic E-state index is 0.304. The molecule has 0 atom stereocenters. The van der Waals surface area contributed by atoms with Gasteiger partial charge in [-0.2, -0.15) is 0 Å². The quantitative estimate of drug-likeness (QED) is 0.718. The zero-order chi connectivity index (χ0) is 9.68. The summed E-state index contributed by atoms with van der Waals surface area (Å²) in [4.78, 5) is 0. The fraction of sp³-hybridized carbons (Fsp3) is 0.400. The Balaban J connectivity index is 2.59. The first-order valence-electron chi connectivity index (χ1n) is 4.27. The summed E-state index contributed by atoms with van der Waals surface area (Å²) >= 11 is 0. The summed E-state index contributed by atoms with van der Waals surface area (Å²) in [6, 6.07) is 4.84. The molecule has 13 heavy (non-hydrogen) atoms. The maximum Gasteiger partial charge on any atom is 0.165 e. The van der Waals surface area contributed by atoms with E-state index in [1.165, 1.54) is 6.07 Å². The Morgan fingerprint density at radius 1 is 1.46 bits per heavy atom. The number of rotatable bonds is 4. The van der Waals surface area contributed by atoms with Crippen molar-refractivity contribution in [1.29, 1.82) is 0 Å². The van der Waals surface area contributed by atoms with Gasteiger partial charge in [-0.25, -0.2) is 4.39 Å². The first kappa shape index (κ1) is 9.99. The third-order valence-corrected chi connectivity index (χ3v) is 1.70. The minimum atomic E-state index is -0.304. The molecule has 0 heterocycles. The molecule has 1 aromatic carbocycles. The third kappa shape index (κ3) is 3.03. The molecule has 2 nitrogen and oxygen atoms in total. The van der Waals surface area contributed by atoms with Crippen LogP contribution in [0.1, 0.15) is 5.56 Å². The van der Waals surface area contributed by atoms with Gasteiger partial charge in [0, 0.05) is 6.54 Å². The SMILES string of the molecule is CNCCOc1cc(C)ccc1F. The topological polar surface area (TPSA) is 21.3 Å². The molecule has 0 aliphatic carbocycles. The monoisotopic (exact) mass is 183 g/mol. The molecule has 0 radical (unpaired) electrons. The molecule has 1 rings (SSSR count). The lowest BCUT2D eigenvalue weighted by Crippen LogP contribution is -2.16. The molecule has 0 bridgehead atoms. The van der Waals surface area contributed by atoms with E-state index >= 15 is 0 Å². The zero-order valence-electron chi connectivity index (χ0n) is 7.93. The summed E-state index contributed by atoms with van der Waals surface area (Å²) < 4.78 is 18.3. The lowest BCUT2D eigenvalue weighted by molar-refractivity contribution is 0.302. The Kier molecular flexibility index (Phi) is 3.71. The van der Waals surface area contributed by atoms with Crippen LogP contribution in [0.3, 0.4) is 0 Å². The molecule has 0 aromatic heterocycles. The highest BCUT2D eigenvalue weighted by atomic mass is 19.1. The van der Waals surface area contributed by atoms with Crippen molar-refractivity contribution in [3.05, 3.63) is 29.6 Å². The zero-order valence-corrected chi connectivity index (χ0v) is 7.93. The molecular weight excluding hydrogens is 169 g/mol. The van der Waals surface area contributed by atoms with Crippen LogP contribution in [0, 0.1) is 12.7 Å². The van der Waals surface area contributed by atoms with Crippen molar-refractivity contribution in [3.63, 3.8) is 0 Å². The van der Waals surface area contributed by atoms with Crippen molar-refractivity contribution in [2.45, 2.75) is 6.92 Å². The van der Waals surface area contributed by atoms with E-state index in [-0.39, 0.29) is 5.82 Å². The number of hydrogen-bond donors (Lipinski definition) is 1. The fourth-order valence-electron chi connectivity index (χ4n) is 0.984. The van der Waals surface area contributed by atoms with Gasteiger partial charge in [0.05, 0.1) is 0 Å². The summed E-state index contributed by atoms with van der Waals surface area (Å²) in [6.07, 6.45) is 0. The van der Waals surface area contributed by atoms with Crippen LogP contribution in [-0.2, 0) is 0 Å². The molecule has 3 heteroatoms. The average molecular weight is 183 g/mol. The van der Waals surface area contributed by atoms with Gasteiger partial charge in [0.25, 0.3) is 0 Å². The van der Waals surface area contributed by atoms with Gasteiger partial charge in [0.15, 0.2) is 11.6 Å². The highest BCUT2D eigenvalue weighted by Gasteiger charge is 2.01. The number of aryl methyl sites for hydroxylation is 1. The Morgan fingerprint density at radius 3 is 2.92 bits per heavy atom. The number of ether oxygens (including phenoxy) is 1. The number of benzene rings is 1. The predicted octanol–water partition coefficient (Wildman–Crippen LogP) is 1.73. The molecule has 0 fully saturated rings. The molecule has 0 aliphatic heterocycles. The van der Waals surface area contributed by atoms with Gasteiger partial charge in [-0.1, -0.05) is 6.07 Å². The number of hydrogen-bond acceptors (Lipinski definition) is 2.